The SMILES string of the molecule is Cc1ccn2c(C)c(CCc3ccc4nc(N)sc4c3)nc2c1.Cl.Cl. The minimum atomic E-state index is 0. The minimum Gasteiger partial charge on any atom is -0.375 e. The molecule has 4 nitrogen and oxygen atoms in total. The average molecular weight is 395 g/mol. The molecule has 2 N–H and O–H groups in total. The third kappa shape index (κ3) is 3.73. The first kappa shape index (κ1) is 19.5. The van der Waals surface area contributed by atoms with E-state index in [0.29, 0.717) is 5.13 Å². The Bertz CT molecular complexity index is 1020. The number of pyridine rings is 1. The molecule has 0 amide bonds. The van der Waals surface area contributed by atoms with Gasteiger partial charge in [0.05, 0.1) is 15.9 Å². The third-order valence-corrected chi connectivity index (χ3v) is 5.09. The predicted molar refractivity (Wildman–Crippen MR) is 111 cm³/mol. The summed E-state index contributed by atoms with van der Waals surface area (Å²) in [7, 11) is 0. The summed E-state index contributed by atoms with van der Waals surface area (Å²) < 4.78 is 3.32. The fourth-order valence-corrected chi connectivity index (χ4v) is 3.76. The first-order valence-electron chi connectivity index (χ1n) is 7.69. The van der Waals surface area contributed by atoms with E-state index in [0.717, 1.165) is 28.7 Å². The zero-order chi connectivity index (χ0) is 16.0. The highest BCUT2D eigenvalue weighted by Crippen LogP contribution is 2.25. The molecule has 0 unspecified atom stereocenters. The van der Waals surface area contributed by atoms with Gasteiger partial charge in [0.15, 0.2) is 5.13 Å². The quantitative estimate of drug-likeness (QED) is 0.544. The Labute approximate surface area is 162 Å². The van der Waals surface area contributed by atoms with Crippen LogP contribution in [0.4, 0.5) is 5.13 Å². The zero-order valence-electron chi connectivity index (χ0n) is 14.0. The van der Waals surface area contributed by atoms with Crippen LogP contribution < -0.4 is 5.73 Å². The number of hydrogen-bond acceptors (Lipinski definition) is 4. The lowest BCUT2D eigenvalue weighted by Crippen LogP contribution is -1.94. The molecule has 0 aliphatic carbocycles. The molecule has 0 aliphatic heterocycles. The molecule has 132 valence electrons. The third-order valence-electron chi connectivity index (χ3n) is 4.24. The number of imidazole rings is 1. The number of rotatable bonds is 3. The average Bonchev–Trinajstić information content (AvgIpc) is 3.03. The van der Waals surface area contributed by atoms with Crippen molar-refractivity contribution in [1.29, 1.82) is 0 Å². The lowest BCUT2D eigenvalue weighted by Gasteiger charge is -2.01. The van der Waals surface area contributed by atoms with Gasteiger partial charge in [-0.2, -0.15) is 0 Å². The molecule has 0 spiro atoms. The van der Waals surface area contributed by atoms with E-state index in [4.69, 9.17) is 10.7 Å². The summed E-state index contributed by atoms with van der Waals surface area (Å²) in [5.74, 6) is 0. The molecule has 0 radical (unpaired) electrons. The fraction of sp³-hybridized carbons (Fsp3) is 0.222. The monoisotopic (exact) mass is 394 g/mol. The molecule has 7 heteroatoms. The molecule has 1 aromatic carbocycles. The number of fused-ring (bicyclic) bond motifs is 2. The van der Waals surface area contributed by atoms with Gasteiger partial charge in [0.2, 0.25) is 0 Å². The molecule has 0 saturated heterocycles. The van der Waals surface area contributed by atoms with Crippen LogP contribution in [0.1, 0.15) is 22.5 Å². The number of thiazole rings is 1. The van der Waals surface area contributed by atoms with E-state index < -0.39 is 0 Å². The van der Waals surface area contributed by atoms with Gasteiger partial charge in [-0.05, 0) is 62.1 Å². The molecule has 25 heavy (non-hydrogen) atoms. The van der Waals surface area contributed by atoms with Gasteiger partial charge in [-0.15, -0.1) is 24.8 Å². The number of nitrogens with two attached hydrogens (primary N) is 1. The van der Waals surface area contributed by atoms with E-state index in [1.807, 2.05) is 0 Å². The van der Waals surface area contributed by atoms with Crippen LogP contribution >= 0.6 is 36.2 Å². The summed E-state index contributed by atoms with van der Waals surface area (Å²) >= 11 is 1.54. The van der Waals surface area contributed by atoms with E-state index in [-0.39, 0.29) is 24.8 Å². The van der Waals surface area contributed by atoms with Crippen LogP contribution in [0.5, 0.6) is 0 Å². The second-order valence-electron chi connectivity index (χ2n) is 5.93. The molecule has 0 fully saturated rings. The van der Waals surface area contributed by atoms with Crippen LogP contribution in [-0.2, 0) is 12.8 Å². The molecule has 4 rings (SSSR count). The first-order chi connectivity index (χ1) is 11.1. The second kappa shape index (κ2) is 7.60. The van der Waals surface area contributed by atoms with Crippen molar-refractivity contribution in [3.8, 4) is 0 Å². The molecular weight excluding hydrogens is 375 g/mol. The van der Waals surface area contributed by atoms with Gasteiger partial charge >= 0.3 is 0 Å². The predicted octanol–water partition coefficient (Wildman–Crippen LogP) is 4.77. The van der Waals surface area contributed by atoms with Gasteiger partial charge < -0.3 is 10.1 Å². The number of nitrogens with zero attached hydrogens (tertiary/aromatic N) is 3. The lowest BCUT2D eigenvalue weighted by atomic mass is 10.1. The number of benzene rings is 1. The van der Waals surface area contributed by atoms with Crippen molar-refractivity contribution in [3.05, 3.63) is 59.0 Å². The summed E-state index contributed by atoms with van der Waals surface area (Å²) in [4.78, 5) is 9.09. The van der Waals surface area contributed by atoms with Crippen molar-refractivity contribution >= 4 is 57.1 Å². The maximum absolute atomic E-state index is 5.78. The topological polar surface area (TPSA) is 56.2 Å². The van der Waals surface area contributed by atoms with E-state index in [2.05, 4.69) is 59.8 Å². The van der Waals surface area contributed by atoms with E-state index in [9.17, 15) is 0 Å². The molecule has 4 aromatic rings. The zero-order valence-corrected chi connectivity index (χ0v) is 16.5. The summed E-state index contributed by atoms with van der Waals surface area (Å²) in [5, 5.41) is 0.628. The van der Waals surface area contributed by atoms with Crippen LogP contribution in [0.15, 0.2) is 36.5 Å². The van der Waals surface area contributed by atoms with Gasteiger partial charge in [0, 0.05) is 11.9 Å². The van der Waals surface area contributed by atoms with Crippen molar-refractivity contribution in [1.82, 2.24) is 14.4 Å². The summed E-state index contributed by atoms with van der Waals surface area (Å²) in [6.45, 7) is 4.23. The van der Waals surface area contributed by atoms with Gasteiger partial charge in [-0.25, -0.2) is 9.97 Å². The Morgan fingerprint density at radius 1 is 1.04 bits per heavy atom. The number of nitrogen functional groups attached to an aromatic ring is 1. The lowest BCUT2D eigenvalue weighted by molar-refractivity contribution is 0.912. The highest BCUT2D eigenvalue weighted by molar-refractivity contribution is 7.22. The van der Waals surface area contributed by atoms with Crippen molar-refractivity contribution in [2.75, 3.05) is 5.73 Å². The van der Waals surface area contributed by atoms with E-state index in [1.165, 1.54) is 22.5 Å². The maximum atomic E-state index is 5.78. The summed E-state index contributed by atoms with van der Waals surface area (Å²) in [5.41, 5.74) is 12.7. The van der Waals surface area contributed by atoms with Crippen molar-refractivity contribution in [2.45, 2.75) is 26.7 Å². The summed E-state index contributed by atoms with van der Waals surface area (Å²) in [6.07, 6.45) is 4.01. The van der Waals surface area contributed by atoms with Gasteiger partial charge in [-0.1, -0.05) is 17.4 Å². The van der Waals surface area contributed by atoms with Crippen molar-refractivity contribution < 1.29 is 0 Å². The number of aromatic nitrogens is 3. The fourth-order valence-electron chi connectivity index (χ4n) is 2.96. The maximum Gasteiger partial charge on any atom is 0.181 e. The number of anilines is 1. The summed E-state index contributed by atoms with van der Waals surface area (Å²) in [6, 6.07) is 10.6. The van der Waals surface area contributed by atoms with Crippen molar-refractivity contribution in [3.63, 3.8) is 0 Å². The largest absolute Gasteiger partial charge is 0.375 e. The van der Waals surface area contributed by atoms with E-state index >= 15 is 0 Å². The minimum absolute atomic E-state index is 0. The van der Waals surface area contributed by atoms with Crippen LogP contribution in [0.25, 0.3) is 15.9 Å². The number of halogens is 2. The molecule has 3 aromatic heterocycles. The Morgan fingerprint density at radius 3 is 2.64 bits per heavy atom. The molecule has 0 bridgehead atoms. The van der Waals surface area contributed by atoms with Crippen molar-refractivity contribution in [2.24, 2.45) is 0 Å². The van der Waals surface area contributed by atoms with Crippen LogP contribution in [0.3, 0.4) is 0 Å². The Balaban J connectivity index is 0.00000113. The van der Waals surface area contributed by atoms with Crippen LogP contribution in [-0.4, -0.2) is 14.4 Å². The number of hydrogen-bond donors (Lipinski definition) is 1. The number of aryl methyl sites for hydroxylation is 4. The smallest absolute Gasteiger partial charge is 0.181 e. The van der Waals surface area contributed by atoms with E-state index in [1.54, 1.807) is 11.3 Å². The van der Waals surface area contributed by atoms with Gasteiger partial charge in [0.25, 0.3) is 0 Å². The normalized spacial score (nSPS) is 10.6. The molecule has 0 saturated carbocycles. The second-order valence-corrected chi connectivity index (χ2v) is 6.99. The van der Waals surface area contributed by atoms with Crippen LogP contribution in [0, 0.1) is 13.8 Å². The highest BCUT2D eigenvalue weighted by Gasteiger charge is 2.09. The first-order valence-corrected chi connectivity index (χ1v) is 8.51. The van der Waals surface area contributed by atoms with Gasteiger partial charge in [-0.3, -0.25) is 0 Å². The van der Waals surface area contributed by atoms with Gasteiger partial charge in [0.1, 0.15) is 5.65 Å². The highest BCUT2D eigenvalue weighted by atomic mass is 35.5. The Hall–Kier alpha value is -1.82. The molecule has 0 atom stereocenters. The molecule has 3 heterocycles. The Morgan fingerprint density at radius 2 is 1.84 bits per heavy atom. The van der Waals surface area contributed by atoms with Crippen LogP contribution in [0.2, 0.25) is 0 Å². The molecular formula is C18H20Cl2N4S. The standard InChI is InChI=1S/C18H18N4S.2ClH/c1-11-7-8-22-12(2)14(20-17(22)9-11)5-3-13-4-6-15-16(10-13)23-18(19)21-15;;/h4,6-10H,3,5H2,1-2H3,(H2,19,21);2*1H. The Kier molecular flexibility index (Phi) is 5.93. The molecule has 0 aliphatic rings.